The minimum Gasteiger partial charge on any atom is -0.343 e. The van der Waals surface area contributed by atoms with Crippen LogP contribution in [0.2, 0.25) is 0 Å². The van der Waals surface area contributed by atoms with E-state index in [0.717, 1.165) is 46.6 Å². The highest BCUT2D eigenvalue weighted by molar-refractivity contribution is 7.16. The Hall–Kier alpha value is -2.59. The molecule has 3 aromatic rings. The fraction of sp³-hybridized carbons (Fsp3) is 0.261. The van der Waals surface area contributed by atoms with Crippen LogP contribution in [-0.2, 0) is 13.1 Å². The van der Waals surface area contributed by atoms with Crippen LogP contribution in [0, 0.1) is 0 Å². The van der Waals surface area contributed by atoms with Crippen molar-refractivity contribution in [3.05, 3.63) is 69.8 Å². The molecule has 0 spiro atoms. The maximum absolute atomic E-state index is 13.5. The molecule has 0 atom stereocenters. The molecule has 0 bridgehead atoms. The Bertz CT molecular complexity index is 1180. The van der Waals surface area contributed by atoms with Crippen molar-refractivity contribution in [1.82, 2.24) is 9.13 Å². The highest BCUT2D eigenvalue weighted by Gasteiger charge is 2.20. The van der Waals surface area contributed by atoms with E-state index in [1.807, 2.05) is 18.3 Å². The lowest BCUT2D eigenvalue weighted by Gasteiger charge is -2.05. The SMILES string of the molecule is C=CCn1cc(C(=O)c2cc3ccsc3n2CC)c2c1=CC=C(CC)CC=2. The molecule has 0 fully saturated rings. The van der Waals surface area contributed by atoms with Crippen LogP contribution in [0.15, 0.2) is 48.0 Å². The third kappa shape index (κ3) is 2.94. The monoisotopic (exact) mass is 376 g/mol. The van der Waals surface area contributed by atoms with Crippen LogP contribution in [0.3, 0.4) is 0 Å². The zero-order chi connectivity index (χ0) is 19.0. The van der Waals surface area contributed by atoms with Gasteiger partial charge in [-0.3, -0.25) is 4.79 Å². The normalized spacial score (nSPS) is 13.5. The maximum Gasteiger partial charge on any atom is 0.211 e. The van der Waals surface area contributed by atoms with Gasteiger partial charge in [-0.15, -0.1) is 17.9 Å². The summed E-state index contributed by atoms with van der Waals surface area (Å²) in [6, 6.07) is 4.12. The average molecular weight is 377 g/mol. The Kier molecular flexibility index (Phi) is 4.75. The van der Waals surface area contributed by atoms with Crippen molar-refractivity contribution in [2.45, 2.75) is 39.8 Å². The molecular formula is C23H24N2OS. The number of thiophene rings is 1. The third-order valence-electron chi connectivity index (χ3n) is 5.28. The molecule has 0 saturated carbocycles. The lowest BCUT2D eigenvalue weighted by atomic mass is 10.1. The highest BCUT2D eigenvalue weighted by atomic mass is 32.1. The van der Waals surface area contributed by atoms with Crippen molar-refractivity contribution >= 4 is 39.5 Å². The van der Waals surface area contributed by atoms with Crippen molar-refractivity contribution in [2.75, 3.05) is 0 Å². The minimum absolute atomic E-state index is 0.101. The van der Waals surface area contributed by atoms with Crippen LogP contribution >= 0.6 is 11.3 Å². The van der Waals surface area contributed by atoms with E-state index < -0.39 is 0 Å². The molecule has 138 valence electrons. The average Bonchev–Trinajstić information content (AvgIpc) is 3.30. The van der Waals surface area contributed by atoms with Gasteiger partial charge in [0.25, 0.3) is 0 Å². The summed E-state index contributed by atoms with van der Waals surface area (Å²) >= 11 is 1.69. The van der Waals surface area contributed by atoms with Gasteiger partial charge in [0.05, 0.1) is 5.69 Å². The number of aryl methyl sites for hydroxylation is 1. The van der Waals surface area contributed by atoms with E-state index in [2.05, 4.69) is 59.2 Å². The van der Waals surface area contributed by atoms with Gasteiger partial charge in [-0.25, -0.2) is 0 Å². The molecule has 0 radical (unpaired) electrons. The number of fused-ring (bicyclic) bond motifs is 2. The first-order valence-electron chi connectivity index (χ1n) is 9.49. The number of hydrogen-bond donors (Lipinski definition) is 0. The molecule has 3 aromatic heterocycles. The second-order valence-electron chi connectivity index (χ2n) is 6.82. The molecule has 1 aliphatic carbocycles. The van der Waals surface area contributed by atoms with Gasteiger partial charge >= 0.3 is 0 Å². The molecule has 0 N–H and O–H groups in total. The van der Waals surface area contributed by atoms with E-state index >= 15 is 0 Å². The molecular weight excluding hydrogens is 352 g/mol. The number of ketones is 1. The summed E-state index contributed by atoms with van der Waals surface area (Å²) < 4.78 is 4.26. The largest absolute Gasteiger partial charge is 0.343 e. The Morgan fingerprint density at radius 1 is 1.33 bits per heavy atom. The van der Waals surface area contributed by atoms with Gasteiger partial charge in [-0.2, -0.15) is 0 Å². The highest BCUT2D eigenvalue weighted by Crippen LogP contribution is 2.26. The number of nitrogens with zero attached hydrogens (tertiary/aromatic N) is 2. The van der Waals surface area contributed by atoms with E-state index in [-0.39, 0.29) is 5.78 Å². The van der Waals surface area contributed by atoms with E-state index in [1.54, 1.807) is 11.3 Å². The van der Waals surface area contributed by atoms with Crippen LogP contribution in [0.5, 0.6) is 0 Å². The quantitative estimate of drug-likeness (QED) is 0.467. The van der Waals surface area contributed by atoms with Gasteiger partial charge in [-0.05, 0) is 43.4 Å². The molecule has 0 saturated heterocycles. The second kappa shape index (κ2) is 7.20. The van der Waals surface area contributed by atoms with Gasteiger partial charge in [0.2, 0.25) is 5.78 Å². The van der Waals surface area contributed by atoms with Crippen LogP contribution in [0.25, 0.3) is 22.4 Å². The molecule has 3 heterocycles. The first kappa shape index (κ1) is 17.8. The summed E-state index contributed by atoms with van der Waals surface area (Å²) in [5, 5.41) is 5.37. The van der Waals surface area contributed by atoms with Crippen molar-refractivity contribution < 1.29 is 4.79 Å². The maximum atomic E-state index is 13.5. The molecule has 0 amide bonds. The second-order valence-corrected chi connectivity index (χ2v) is 7.71. The molecule has 0 aliphatic heterocycles. The van der Waals surface area contributed by atoms with Crippen molar-refractivity contribution in [3.8, 4) is 0 Å². The standard InChI is InChI=1S/C23H24N2OS/c1-4-12-24-15-19(18-9-7-16(5-2)8-10-20(18)24)22(26)21-14-17-11-13-27-23(17)25(21)6-3/h4,8-11,13-15H,1,5-7,12H2,2-3H3. The Morgan fingerprint density at radius 3 is 2.93 bits per heavy atom. The molecule has 0 unspecified atom stereocenters. The number of rotatable bonds is 6. The van der Waals surface area contributed by atoms with Gasteiger partial charge in [0.15, 0.2) is 0 Å². The third-order valence-corrected chi connectivity index (χ3v) is 6.23. The predicted molar refractivity (Wildman–Crippen MR) is 115 cm³/mol. The summed E-state index contributed by atoms with van der Waals surface area (Å²) in [4.78, 5) is 14.7. The van der Waals surface area contributed by atoms with E-state index in [4.69, 9.17) is 0 Å². The van der Waals surface area contributed by atoms with E-state index in [1.165, 1.54) is 10.4 Å². The van der Waals surface area contributed by atoms with Crippen molar-refractivity contribution in [2.24, 2.45) is 0 Å². The number of allylic oxidation sites excluding steroid dienone is 3. The Labute approximate surface area is 163 Å². The molecule has 3 nitrogen and oxygen atoms in total. The number of aromatic nitrogens is 2. The van der Waals surface area contributed by atoms with Crippen LogP contribution in [0.4, 0.5) is 0 Å². The van der Waals surface area contributed by atoms with Gasteiger partial charge in [-0.1, -0.05) is 30.7 Å². The summed E-state index contributed by atoms with van der Waals surface area (Å²) in [7, 11) is 0. The zero-order valence-electron chi connectivity index (χ0n) is 15.9. The summed E-state index contributed by atoms with van der Waals surface area (Å²) in [6.45, 7) is 9.63. The minimum atomic E-state index is 0.101. The fourth-order valence-electron chi connectivity index (χ4n) is 3.83. The van der Waals surface area contributed by atoms with Crippen molar-refractivity contribution in [1.29, 1.82) is 0 Å². The lowest BCUT2D eigenvalue weighted by Crippen LogP contribution is -2.31. The fourth-order valence-corrected chi connectivity index (χ4v) is 4.80. The van der Waals surface area contributed by atoms with Gasteiger partial charge in [0.1, 0.15) is 4.83 Å². The molecule has 27 heavy (non-hydrogen) atoms. The molecule has 1 aliphatic rings. The summed E-state index contributed by atoms with van der Waals surface area (Å²) in [5.41, 5.74) is 2.94. The number of carbonyl (C=O) groups is 1. The Balaban J connectivity index is 1.90. The first-order chi connectivity index (χ1) is 13.2. The van der Waals surface area contributed by atoms with E-state index in [9.17, 15) is 4.79 Å². The Morgan fingerprint density at radius 2 is 2.19 bits per heavy atom. The number of hydrogen-bond acceptors (Lipinski definition) is 2. The van der Waals surface area contributed by atoms with Crippen molar-refractivity contribution in [3.63, 3.8) is 0 Å². The van der Waals surface area contributed by atoms with Crippen LogP contribution in [-0.4, -0.2) is 14.9 Å². The van der Waals surface area contributed by atoms with E-state index in [0.29, 0.717) is 6.54 Å². The number of carbonyl (C=O) groups excluding carboxylic acids is 1. The van der Waals surface area contributed by atoms with Gasteiger partial charge < -0.3 is 9.13 Å². The topological polar surface area (TPSA) is 26.9 Å². The molecule has 4 rings (SSSR count). The summed E-state index contributed by atoms with van der Waals surface area (Å²) in [5.74, 6) is 0.101. The molecule has 4 heteroatoms. The summed E-state index contributed by atoms with van der Waals surface area (Å²) in [6.07, 6.45) is 12.3. The zero-order valence-corrected chi connectivity index (χ0v) is 16.7. The predicted octanol–water partition coefficient (Wildman–Crippen LogP) is 4.24. The van der Waals surface area contributed by atoms with Crippen LogP contribution < -0.4 is 10.6 Å². The van der Waals surface area contributed by atoms with Gasteiger partial charge in [0, 0.05) is 40.8 Å². The first-order valence-corrected chi connectivity index (χ1v) is 10.4. The van der Waals surface area contributed by atoms with Crippen LogP contribution in [0.1, 0.15) is 42.7 Å². The smallest absolute Gasteiger partial charge is 0.211 e. The molecule has 0 aromatic carbocycles. The lowest BCUT2D eigenvalue weighted by molar-refractivity contribution is 0.103.